The molecule has 1 saturated heterocycles. The zero-order valence-electron chi connectivity index (χ0n) is 6.31. The van der Waals surface area contributed by atoms with Crippen molar-refractivity contribution in [1.29, 1.82) is 0 Å². The molecule has 1 aliphatic heterocycles. The van der Waals surface area contributed by atoms with Gasteiger partial charge in [0.15, 0.2) is 0 Å². The molecule has 1 atom stereocenters. The lowest BCUT2D eigenvalue weighted by molar-refractivity contribution is 0.101. The Kier molecular flexibility index (Phi) is 3.73. The Morgan fingerprint density at radius 3 is 2.90 bits per heavy atom. The lowest BCUT2D eigenvalue weighted by Gasteiger charge is -2.06. The molecule has 1 heterocycles. The molecule has 1 unspecified atom stereocenters. The van der Waals surface area contributed by atoms with E-state index < -0.39 is 0 Å². The van der Waals surface area contributed by atoms with Crippen molar-refractivity contribution in [3.8, 4) is 0 Å². The summed E-state index contributed by atoms with van der Waals surface area (Å²) in [7, 11) is 0. The summed E-state index contributed by atoms with van der Waals surface area (Å²) in [5.74, 6) is 0. The van der Waals surface area contributed by atoms with Gasteiger partial charge in [0.2, 0.25) is 0 Å². The second kappa shape index (κ2) is 4.67. The largest absolute Gasteiger partial charge is 0.378 e. The van der Waals surface area contributed by atoms with Crippen molar-refractivity contribution in [2.75, 3.05) is 13.3 Å². The number of hydrogen-bond donors (Lipinski definition) is 0. The van der Waals surface area contributed by atoms with E-state index in [-0.39, 0.29) is 6.67 Å². The predicted molar refractivity (Wildman–Crippen MR) is 38.8 cm³/mol. The molecule has 0 radical (unpaired) electrons. The van der Waals surface area contributed by atoms with Gasteiger partial charge in [-0.05, 0) is 32.1 Å². The van der Waals surface area contributed by atoms with Crippen molar-refractivity contribution in [2.45, 2.75) is 38.2 Å². The van der Waals surface area contributed by atoms with Crippen LogP contribution in [0.1, 0.15) is 32.1 Å². The number of halogens is 1. The summed E-state index contributed by atoms with van der Waals surface area (Å²) < 4.78 is 17.0. The van der Waals surface area contributed by atoms with E-state index in [1.807, 2.05) is 0 Å². The average molecular weight is 146 g/mol. The highest BCUT2D eigenvalue weighted by Gasteiger charge is 2.13. The fourth-order valence-corrected chi connectivity index (χ4v) is 1.34. The quantitative estimate of drug-likeness (QED) is 0.553. The van der Waals surface area contributed by atoms with Crippen LogP contribution in [0.5, 0.6) is 0 Å². The van der Waals surface area contributed by atoms with Gasteiger partial charge in [0, 0.05) is 6.61 Å². The molecule has 1 nitrogen and oxygen atoms in total. The van der Waals surface area contributed by atoms with Gasteiger partial charge in [-0.1, -0.05) is 0 Å². The third-order valence-corrected chi connectivity index (χ3v) is 1.93. The second-order valence-corrected chi connectivity index (χ2v) is 2.82. The number of rotatable bonds is 4. The molecule has 0 aromatic carbocycles. The summed E-state index contributed by atoms with van der Waals surface area (Å²) in [6.07, 6.45) is 5.59. The van der Waals surface area contributed by atoms with E-state index in [0.29, 0.717) is 12.5 Å². The van der Waals surface area contributed by atoms with E-state index in [1.54, 1.807) is 0 Å². The molecular formula is C8H15FO. The van der Waals surface area contributed by atoms with Gasteiger partial charge in [0.05, 0.1) is 12.8 Å². The van der Waals surface area contributed by atoms with Crippen molar-refractivity contribution < 1.29 is 9.13 Å². The molecular weight excluding hydrogens is 131 g/mol. The minimum atomic E-state index is -0.174. The molecule has 0 bridgehead atoms. The van der Waals surface area contributed by atoms with Crippen LogP contribution in [0.2, 0.25) is 0 Å². The van der Waals surface area contributed by atoms with Crippen LogP contribution in [-0.2, 0) is 4.74 Å². The van der Waals surface area contributed by atoms with E-state index in [1.165, 1.54) is 12.8 Å². The highest BCUT2D eigenvalue weighted by Crippen LogP contribution is 2.17. The maximum absolute atomic E-state index is 11.6. The predicted octanol–water partition coefficient (Wildman–Crippen LogP) is 2.31. The molecule has 0 N–H and O–H groups in total. The van der Waals surface area contributed by atoms with Gasteiger partial charge < -0.3 is 4.74 Å². The van der Waals surface area contributed by atoms with Crippen molar-refractivity contribution in [2.24, 2.45) is 0 Å². The van der Waals surface area contributed by atoms with Crippen molar-refractivity contribution >= 4 is 0 Å². The third kappa shape index (κ3) is 2.65. The number of hydrogen-bond acceptors (Lipinski definition) is 1. The summed E-state index contributed by atoms with van der Waals surface area (Å²) in [5.41, 5.74) is 0. The van der Waals surface area contributed by atoms with E-state index in [0.717, 1.165) is 19.4 Å². The molecule has 0 aromatic rings. The van der Waals surface area contributed by atoms with Gasteiger partial charge in [0.25, 0.3) is 0 Å². The zero-order chi connectivity index (χ0) is 7.23. The van der Waals surface area contributed by atoms with E-state index in [4.69, 9.17) is 4.74 Å². The first-order valence-electron chi connectivity index (χ1n) is 4.11. The lowest BCUT2D eigenvalue weighted by Crippen LogP contribution is -2.03. The van der Waals surface area contributed by atoms with Crippen LogP contribution >= 0.6 is 0 Å². The van der Waals surface area contributed by atoms with Crippen LogP contribution < -0.4 is 0 Å². The van der Waals surface area contributed by atoms with Gasteiger partial charge in [0.1, 0.15) is 0 Å². The van der Waals surface area contributed by atoms with Crippen LogP contribution in [0, 0.1) is 0 Å². The lowest BCUT2D eigenvalue weighted by atomic mass is 10.1. The monoisotopic (exact) mass is 146 g/mol. The number of unbranched alkanes of at least 4 members (excludes halogenated alkanes) is 1. The van der Waals surface area contributed by atoms with Gasteiger partial charge in [-0.25, -0.2) is 0 Å². The summed E-state index contributed by atoms with van der Waals surface area (Å²) >= 11 is 0. The van der Waals surface area contributed by atoms with Gasteiger partial charge >= 0.3 is 0 Å². The van der Waals surface area contributed by atoms with Crippen LogP contribution in [0.3, 0.4) is 0 Å². The van der Waals surface area contributed by atoms with E-state index in [2.05, 4.69) is 0 Å². The Morgan fingerprint density at radius 2 is 2.30 bits per heavy atom. The minimum absolute atomic E-state index is 0.174. The van der Waals surface area contributed by atoms with Crippen LogP contribution in [0.25, 0.3) is 0 Å². The first-order chi connectivity index (χ1) is 4.93. The zero-order valence-corrected chi connectivity index (χ0v) is 6.31. The maximum atomic E-state index is 11.6. The number of ether oxygens (including phenoxy) is 1. The van der Waals surface area contributed by atoms with Crippen molar-refractivity contribution in [3.05, 3.63) is 0 Å². The Labute approximate surface area is 61.6 Å². The molecule has 60 valence electrons. The van der Waals surface area contributed by atoms with Gasteiger partial charge in [-0.3, -0.25) is 4.39 Å². The first kappa shape index (κ1) is 7.99. The van der Waals surface area contributed by atoms with E-state index >= 15 is 0 Å². The van der Waals surface area contributed by atoms with Crippen molar-refractivity contribution in [1.82, 2.24) is 0 Å². The highest BCUT2D eigenvalue weighted by atomic mass is 19.1. The normalized spacial score (nSPS) is 25.5. The number of alkyl halides is 1. The maximum Gasteiger partial charge on any atom is 0.0894 e. The average Bonchev–Trinajstić information content (AvgIpc) is 2.41. The second-order valence-electron chi connectivity index (χ2n) is 2.82. The van der Waals surface area contributed by atoms with Crippen LogP contribution in [0.15, 0.2) is 0 Å². The fraction of sp³-hybridized carbons (Fsp3) is 1.00. The molecule has 0 saturated carbocycles. The smallest absolute Gasteiger partial charge is 0.0894 e. The third-order valence-electron chi connectivity index (χ3n) is 1.93. The SMILES string of the molecule is FCCCCC1CCCO1. The van der Waals surface area contributed by atoms with Gasteiger partial charge in [-0.15, -0.1) is 0 Å². The summed E-state index contributed by atoms with van der Waals surface area (Å²) in [6, 6.07) is 0. The Hall–Kier alpha value is -0.110. The Morgan fingerprint density at radius 1 is 1.40 bits per heavy atom. The highest BCUT2D eigenvalue weighted by molar-refractivity contribution is 4.64. The van der Waals surface area contributed by atoms with Crippen LogP contribution in [0.4, 0.5) is 4.39 Å². The fourth-order valence-electron chi connectivity index (χ4n) is 1.34. The molecule has 1 rings (SSSR count). The van der Waals surface area contributed by atoms with Gasteiger partial charge in [-0.2, -0.15) is 0 Å². The Bertz CT molecular complexity index is 79.3. The molecule has 0 spiro atoms. The molecule has 2 heteroatoms. The Balaban J connectivity index is 1.91. The standard InChI is InChI=1S/C8H15FO/c9-6-2-1-4-8-5-3-7-10-8/h8H,1-7H2. The van der Waals surface area contributed by atoms with Crippen molar-refractivity contribution in [3.63, 3.8) is 0 Å². The first-order valence-corrected chi connectivity index (χ1v) is 4.11. The van der Waals surface area contributed by atoms with E-state index in [9.17, 15) is 4.39 Å². The summed E-state index contributed by atoms with van der Waals surface area (Å²) in [4.78, 5) is 0. The summed E-state index contributed by atoms with van der Waals surface area (Å²) in [6.45, 7) is 0.743. The molecule has 0 aromatic heterocycles. The molecule has 1 aliphatic rings. The topological polar surface area (TPSA) is 9.23 Å². The van der Waals surface area contributed by atoms with Crippen LogP contribution in [-0.4, -0.2) is 19.4 Å². The summed E-state index contributed by atoms with van der Waals surface area (Å²) in [5, 5.41) is 0. The minimum Gasteiger partial charge on any atom is -0.378 e. The molecule has 0 aliphatic carbocycles. The molecule has 10 heavy (non-hydrogen) atoms. The molecule has 1 fully saturated rings. The molecule has 0 amide bonds.